The zero-order valence-corrected chi connectivity index (χ0v) is 9.97. The molecule has 18 heavy (non-hydrogen) atoms. The second-order valence-electron chi connectivity index (χ2n) is 4.48. The van der Waals surface area contributed by atoms with E-state index in [0.717, 1.165) is 0 Å². The Kier molecular flexibility index (Phi) is 3.32. The van der Waals surface area contributed by atoms with Gasteiger partial charge >= 0.3 is 5.97 Å². The van der Waals surface area contributed by atoms with Gasteiger partial charge < -0.3 is 10.0 Å². The Labute approximate surface area is 104 Å². The quantitative estimate of drug-likeness (QED) is 0.872. The number of carbonyl (C=O) groups is 2. The average molecular weight is 251 g/mol. The van der Waals surface area contributed by atoms with Crippen molar-refractivity contribution < 1.29 is 19.1 Å². The summed E-state index contributed by atoms with van der Waals surface area (Å²) in [7, 11) is 1.59. The third kappa shape index (κ3) is 2.20. The molecule has 0 unspecified atom stereocenters. The highest BCUT2D eigenvalue weighted by molar-refractivity contribution is 5.81. The van der Waals surface area contributed by atoms with Gasteiger partial charge in [-0.2, -0.15) is 0 Å². The van der Waals surface area contributed by atoms with Crippen LogP contribution in [0.25, 0.3) is 0 Å². The van der Waals surface area contributed by atoms with Gasteiger partial charge in [0.05, 0.1) is 12.0 Å². The molecule has 1 fully saturated rings. The molecule has 1 heterocycles. The third-order valence-corrected chi connectivity index (χ3v) is 3.39. The van der Waals surface area contributed by atoms with Crippen LogP contribution in [-0.2, 0) is 9.59 Å². The molecule has 1 aromatic carbocycles. The fraction of sp³-hybridized carbons (Fsp3) is 0.385. The van der Waals surface area contributed by atoms with E-state index in [9.17, 15) is 19.1 Å². The molecule has 1 saturated heterocycles. The first kappa shape index (κ1) is 12.5. The van der Waals surface area contributed by atoms with Crippen molar-refractivity contribution in [3.8, 4) is 0 Å². The van der Waals surface area contributed by atoms with E-state index in [2.05, 4.69) is 0 Å². The fourth-order valence-corrected chi connectivity index (χ4v) is 2.41. The maximum atomic E-state index is 12.9. The van der Waals surface area contributed by atoms with Crippen molar-refractivity contribution >= 4 is 11.9 Å². The number of aliphatic carboxylic acids is 1. The smallest absolute Gasteiger partial charge is 0.308 e. The zero-order chi connectivity index (χ0) is 13.3. The van der Waals surface area contributed by atoms with E-state index in [1.807, 2.05) is 0 Å². The summed E-state index contributed by atoms with van der Waals surface area (Å²) in [6.45, 7) is 0. The minimum absolute atomic E-state index is 0.0816. The highest BCUT2D eigenvalue weighted by Gasteiger charge is 2.38. The second kappa shape index (κ2) is 4.76. The Morgan fingerprint density at radius 2 is 2.00 bits per heavy atom. The molecule has 0 aromatic heterocycles. The molecule has 1 aromatic rings. The van der Waals surface area contributed by atoms with Crippen LogP contribution in [0.5, 0.6) is 0 Å². The van der Waals surface area contributed by atoms with Crippen LogP contribution in [0.2, 0.25) is 0 Å². The number of carboxylic acids is 1. The van der Waals surface area contributed by atoms with Gasteiger partial charge in [0.15, 0.2) is 0 Å². The van der Waals surface area contributed by atoms with Crippen LogP contribution in [0, 0.1) is 11.7 Å². The third-order valence-electron chi connectivity index (χ3n) is 3.39. The molecule has 1 amide bonds. The van der Waals surface area contributed by atoms with E-state index in [-0.39, 0.29) is 18.1 Å². The molecule has 1 aliphatic heterocycles. The summed E-state index contributed by atoms with van der Waals surface area (Å²) >= 11 is 0. The average Bonchev–Trinajstić information content (AvgIpc) is 2.33. The van der Waals surface area contributed by atoms with E-state index in [1.54, 1.807) is 7.05 Å². The highest BCUT2D eigenvalue weighted by atomic mass is 19.1. The van der Waals surface area contributed by atoms with Crippen molar-refractivity contribution in [2.24, 2.45) is 5.92 Å². The van der Waals surface area contributed by atoms with E-state index >= 15 is 0 Å². The molecule has 1 aliphatic rings. The Hall–Kier alpha value is -1.91. The molecule has 4 nitrogen and oxygen atoms in total. The normalized spacial score (nSPS) is 24.1. The summed E-state index contributed by atoms with van der Waals surface area (Å²) < 4.78 is 12.9. The van der Waals surface area contributed by atoms with Crippen LogP contribution < -0.4 is 0 Å². The van der Waals surface area contributed by atoms with Gasteiger partial charge in [0, 0.05) is 13.5 Å². The van der Waals surface area contributed by atoms with Gasteiger partial charge in [-0.25, -0.2) is 4.39 Å². The summed E-state index contributed by atoms with van der Waals surface area (Å²) in [5.41, 5.74) is 0.652. The Morgan fingerprint density at radius 1 is 1.39 bits per heavy atom. The van der Waals surface area contributed by atoms with Crippen molar-refractivity contribution in [3.63, 3.8) is 0 Å². The van der Waals surface area contributed by atoms with Gasteiger partial charge in [-0.05, 0) is 24.1 Å². The maximum absolute atomic E-state index is 12.9. The fourth-order valence-electron chi connectivity index (χ4n) is 2.41. The molecule has 2 atom stereocenters. The van der Waals surface area contributed by atoms with Gasteiger partial charge in [0.25, 0.3) is 0 Å². The summed E-state index contributed by atoms with van der Waals surface area (Å²) in [6, 6.07) is 5.10. The Balaban J connectivity index is 2.37. The largest absolute Gasteiger partial charge is 0.481 e. The SMILES string of the molecule is CN1C(=O)CC[C@H](C(=O)O)[C@@H]1c1ccc(F)cc1. The number of nitrogens with zero attached hydrogens (tertiary/aromatic N) is 1. The summed E-state index contributed by atoms with van der Waals surface area (Å²) in [4.78, 5) is 24.4. The van der Waals surface area contributed by atoms with Gasteiger partial charge in [0.1, 0.15) is 5.82 Å². The first-order valence-electron chi connectivity index (χ1n) is 5.74. The van der Waals surface area contributed by atoms with Crippen LogP contribution in [0.1, 0.15) is 24.4 Å². The molecule has 96 valence electrons. The lowest BCUT2D eigenvalue weighted by Gasteiger charge is -2.37. The number of rotatable bonds is 2. The van der Waals surface area contributed by atoms with Crippen LogP contribution in [0.15, 0.2) is 24.3 Å². The van der Waals surface area contributed by atoms with E-state index in [4.69, 9.17) is 0 Å². The molecule has 1 N–H and O–H groups in total. The van der Waals surface area contributed by atoms with Crippen LogP contribution in [0.3, 0.4) is 0 Å². The molecular weight excluding hydrogens is 237 g/mol. The monoisotopic (exact) mass is 251 g/mol. The zero-order valence-electron chi connectivity index (χ0n) is 9.97. The second-order valence-corrected chi connectivity index (χ2v) is 4.48. The molecule has 0 aliphatic carbocycles. The summed E-state index contributed by atoms with van der Waals surface area (Å²) in [5.74, 6) is -2.03. The van der Waals surface area contributed by atoms with Gasteiger partial charge in [0.2, 0.25) is 5.91 Å². The Bertz CT molecular complexity index is 472. The van der Waals surface area contributed by atoms with Gasteiger partial charge in [-0.3, -0.25) is 9.59 Å². The number of hydrogen-bond donors (Lipinski definition) is 1. The lowest BCUT2D eigenvalue weighted by Crippen LogP contribution is -2.42. The number of likely N-dealkylation sites (tertiary alicyclic amines) is 1. The van der Waals surface area contributed by atoms with Crippen LogP contribution in [-0.4, -0.2) is 28.9 Å². The molecule has 5 heteroatoms. The predicted octanol–water partition coefficient (Wildman–Crippen LogP) is 1.82. The standard InChI is InChI=1S/C13H14FNO3/c1-15-11(16)7-6-10(13(17)18)12(15)8-2-4-9(14)5-3-8/h2-5,10,12H,6-7H2,1H3,(H,17,18)/t10-,12-/m0/s1. The topological polar surface area (TPSA) is 57.6 Å². The molecule has 0 spiro atoms. The first-order chi connectivity index (χ1) is 8.50. The first-order valence-corrected chi connectivity index (χ1v) is 5.74. The van der Waals surface area contributed by atoms with Gasteiger partial charge in [-0.1, -0.05) is 12.1 Å². The van der Waals surface area contributed by atoms with E-state index in [1.165, 1.54) is 29.2 Å². The Morgan fingerprint density at radius 3 is 2.56 bits per heavy atom. The number of carbonyl (C=O) groups excluding carboxylic acids is 1. The van der Waals surface area contributed by atoms with Crippen molar-refractivity contribution in [2.45, 2.75) is 18.9 Å². The van der Waals surface area contributed by atoms with E-state index in [0.29, 0.717) is 12.0 Å². The number of carboxylic acid groups (broad SMARTS) is 1. The highest BCUT2D eigenvalue weighted by Crippen LogP contribution is 2.35. The molecule has 0 bridgehead atoms. The number of amides is 1. The lowest BCUT2D eigenvalue weighted by molar-refractivity contribution is -0.150. The van der Waals surface area contributed by atoms with Crippen molar-refractivity contribution in [1.82, 2.24) is 4.90 Å². The van der Waals surface area contributed by atoms with Crippen molar-refractivity contribution in [2.75, 3.05) is 7.05 Å². The molecule has 0 radical (unpaired) electrons. The molecule has 2 rings (SSSR count). The number of piperidine rings is 1. The summed E-state index contributed by atoms with van der Waals surface area (Å²) in [5, 5.41) is 9.22. The minimum Gasteiger partial charge on any atom is -0.481 e. The number of benzene rings is 1. The lowest BCUT2D eigenvalue weighted by atomic mass is 9.85. The van der Waals surface area contributed by atoms with Crippen LogP contribution in [0.4, 0.5) is 4.39 Å². The maximum Gasteiger partial charge on any atom is 0.308 e. The molecular formula is C13H14FNO3. The number of halogens is 1. The van der Waals surface area contributed by atoms with Crippen LogP contribution >= 0.6 is 0 Å². The molecule has 0 saturated carbocycles. The van der Waals surface area contributed by atoms with Crippen molar-refractivity contribution in [3.05, 3.63) is 35.6 Å². The predicted molar refractivity (Wildman–Crippen MR) is 62.3 cm³/mol. The summed E-state index contributed by atoms with van der Waals surface area (Å²) in [6.07, 6.45) is 0.561. The minimum atomic E-state index is -0.927. The van der Waals surface area contributed by atoms with E-state index < -0.39 is 17.9 Å². The van der Waals surface area contributed by atoms with Crippen molar-refractivity contribution in [1.29, 1.82) is 0 Å². The number of hydrogen-bond acceptors (Lipinski definition) is 2. The van der Waals surface area contributed by atoms with Gasteiger partial charge in [-0.15, -0.1) is 0 Å².